The second-order valence-corrected chi connectivity index (χ2v) is 6.30. The lowest BCUT2D eigenvalue weighted by Crippen LogP contribution is -1.95. The first-order chi connectivity index (χ1) is 13.8. The standard InChI is InChI=1S/C21H20N4O3/c1-2-3-9-18-22-20(25-28-18)15-10-12-17(13-11-15)26-14-19-23-24-21(27-19)16-7-5-4-6-8-16/h4-8,10-13H,2-3,9,14H2,1H3. The molecule has 4 aromatic rings. The molecular weight excluding hydrogens is 356 g/mol. The van der Waals surface area contributed by atoms with E-state index in [9.17, 15) is 0 Å². The maximum Gasteiger partial charge on any atom is 0.254 e. The highest BCUT2D eigenvalue weighted by molar-refractivity contribution is 5.55. The molecule has 0 saturated carbocycles. The molecule has 0 spiro atoms. The molecule has 0 radical (unpaired) electrons. The van der Waals surface area contributed by atoms with Gasteiger partial charge in [-0.05, 0) is 42.8 Å². The predicted molar refractivity (Wildman–Crippen MR) is 102 cm³/mol. The van der Waals surface area contributed by atoms with Gasteiger partial charge in [0.05, 0.1) is 0 Å². The van der Waals surface area contributed by atoms with Crippen LogP contribution in [0.1, 0.15) is 31.5 Å². The Labute approximate surface area is 162 Å². The minimum atomic E-state index is 0.197. The summed E-state index contributed by atoms with van der Waals surface area (Å²) in [6.07, 6.45) is 2.94. The summed E-state index contributed by atoms with van der Waals surface area (Å²) in [5.74, 6) is 2.84. The van der Waals surface area contributed by atoms with Crippen LogP contribution < -0.4 is 4.74 Å². The molecule has 0 N–H and O–H groups in total. The average molecular weight is 376 g/mol. The summed E-state index contributed by atoms with van der Waals surface area (Å²) < 4.78 is 16.6. The summed E-state index contributed by atoms with van der Waals surface area (Å²) in [5.41, 5.74) is 1.76. The summed E-state index contributed by atoms with van der Waals surface area (Å²) >= 11 is 0. The van der Waals surface area contributed by atoms with Crippen molar-refractivity contribution in [1.82, 2.24) is 20.3 Å². The molecule has 2 heterocycles. The summed E-state index contributed by atoms with van der Waals surface area (Å²) in [6.45, 7) is 2.33. The van der Waals surface area contributed by atoms with Gasteiger partial charge in [-0.3, -0.25) is 0 Å². The Morgan fingerprint density at radius 2 is 1.71 bits per heavy atom. The molecule has 0 aliphatic carbocycles. The van der Waals surface area contributed by atoms with Gasteiger partial charge in [0.2, 0.25) is 17.6 Å². The fourth-order valence-electron chi connectivity index (χ4n) is 2.66. The Balaban J connectivity index is 1.36. The smallest absolute Gasteiger partial charge is 0.254 e. The van der Waals surface area contributed by atoms with Crippen LogP contribution in [0, 0.1) is 0 Å². The molecule has 2 aromatic heterocycles. The Bertz CT molecular complexity index is 1010. The van der Waals surface area contributed by atoms with E-state index in [0.717, 1.165) is 30.4 Å². The number of aryl methyl sites for hydroxylation is 1. The predicted octanol–water partition coefficient (Wildman–Crippen LogP) is 4.71. The largest absolute Gasteiger partial charge is 0.484 e. The van der Waals surface area contributed by atoms with Gasteiger partial charge in [0.25, 0.3) is 5.89 Å². The molecule has 28 heavy (non-hydrogen) atoms. The molecule has 0 bridgehead atoms. The molecule has 0 aliphatic rings. The number of hydrogen-bond acceptors (Lipinski definition) is 7. The normalized spacial score (nSPS) is 10.9. The van der Waals surface area contributed by atoms with Crippen LogP contribution in [0.3, 0.4) is 0 Å². The SMILES string of the molecule is CCCCc1nc(-c2ccc(OCc3nnc(-c4ccccc4)o3)cc2)no1. The zero-order chi connectivity index (χ0) is 19.2. The van der Waals surface area contributed by atoms with Crippen molar-refractivity contribution < 1.29 is 13.7 Å². The molecule has 0 saturated heterocycles. The van der Waals surface area contributed by atoms with Crippen LogP contribution in [-0.4, -0.2) is 20.3 Å². The van der Waals surface area contributed by atoms with Crippen molar-refractivity contribution in [1.29, 1.82) is 0 Å². The van der Waals surface area contributed by atoms with Crippen molar-refractivity contribution >= 4 is 0 Å². The van der Waals surface area contributed by atoms with E-state index >= 15 is 0 Å². The van der Waals surface area contributed by atoms with Crippen molar-refractivity contribution in [3.63, 3.8) is 0 Å². The molecule has 7 nitrogen and oxygen atoms in total. The van der Waals surface area contributed by atoms with Crippen molar-refractivity contribution in [2.45, 2.75) is 32.8 Å². The van der Waals surface area contributed by atoms with Gasteiger partial charge in [0, 0.05) is 17.5 Å². The van der Waals surface area contributed by atoms with Crippen molar-refractivity contribution in [3.8, 4) is 28.6 Å². The number of rotatable bonds is 8. The summed E-state index contributed by atoms with van der Waals surface area (Å²) in [7, 11) is 0. The molecular formula is C21H20N4O3. The Hall–Kier alpha value is -3.48. The maximum atomic E-state index is 5.73. The first kappa shape index (κ1) is 17.9. The molecule has 0 aliphatic heterocycles. The van der Waals surface area contributed by atoms with Crippen LogP contribution in [0.4, 0.5) is 0 Å². The van der Waals surface area contributed by atoms with Gasteiger partial charge in [-0.15, -0.1) is 10.2 Å². The lowest BCUT2D eigenvalue weighted by molar-refractivity contribution is 0.264. The highest BCUT2D eigenvalue weighted by Crippen LogP contribution is 2.22. The van der Waals surface area contributed by atoms with Gasteiger partial charge in [-0.1, -0.05) is 36.7 Å². The molecule has 142 valence electrons. The van der Waals surface area contributed by atoms with Crippen LogP contribution in [0.25, 0.3) is 22.8 Å². The summed E-state index contributed by atoms with van der Waals surface area (Å²) in [4.78, 5) is 4.42. The third-order valence-electron chi connectivity index (χ3n) is 4.17. The number of nitrogens with zero attached hydrogens (tertiary/aromatic N) is 4. The third-order valence-corrected chi connectivity index (χ3v) is 4.17. The Morgan fingerprint density at radius 1 is 0.893 bits per heavy atom. The lowest BCUT2D eigenvalue weighted by Gasteiger charge is -2.03. The number of hydrogen-bond donors (Lipinski definition) is 0. The Kier molecular flexibility index (Phi) is 5.42. The fraction of sp³-hybridized carbons (Fsp3) is 0.238. The molecule has 0 unspecified atom stereocenters. The van der Waals surface area contributed by atoms with Gasteiger partial charge < -0.3 is 13.7 Å². The van der Waals surface area contributed by atoms with E-state index in [4.69, 9.17) is 13.7 Å². The number of ether oxygens (including phenoxy) is 1. The molecule has 0 amide bonds. The second kappa shape index (κ2) is 8.47. The van der Waals surface area contributed by atoms with E-state index in [1.807, 2.05) is 54.6 Å². The second-order valence-electron chi connectivity index (χ2n) is 6.30. The van der Waals surface area contributed by atoms with Crippen LogP contribution >= 0.6 is 0 Å². The number of unbranched alkanes of at least 4 members (excludes halogenated alkanes) is 1. The van der Waals surface area contributed by atoms with E-state index in [0.29, 0.717) is 29.2 Å². The molecule has 7 heteroatoms. The zero-order valence-corrected chi connectivity index (χ0v) is 15.5. The van der Waals surface area contributed by atoms with Gasteiger partial charge in [0.1, 0.15) is 5.75 Å². The minimum Gasteiger partial charge on any atom is -0.484 e. The zero-order valence-electron chi connectivity index (χ0n) is 15.5. The highest BCUT2D eigenvalue weighted by atomic mass is 16.5. The van der Waals surface area contributed by atoms with Gasteiger partial charge in [-0.25, -0.2) is 0 Å². The first-order valence-electron chi connectivity index (χ1n) is 9.25. The van der Waals surface area contributed by atoms with E-state index in [1.165, 1.54) is 0 Å². The van der Waals surface area contributed by atoms with Crippen molar-refractivity contribution in [2.24, 2.45) is 0 Å². The van der Waals surface area contributed by atoms with Crippen molar-refractivity contribution in [3.05, 3.63) is 66.4 Å². The van der Waals surface area contributed by atoms with E-state index in [1.54, 1.807) is 0 Å². The summed E-state index contributed by atoms with van der Waals surface area (Å²) in [5, 5.41) is 12.1. The highest BCUT2D eigenvalue weighted by Gasteiger charge is 2.10. The fourth-order valence-corrected chi connectivity index (χ4v) is 2.66. The van der Waals surface area contributed by atoms with Crippen molar-refractivity contribution in [2.75, 3.05) is 0 Å². The van der Waals surface area contributed by atoms with E-state index < -0.39 is 0 Å². The number of benzene rings is 2. The lowest BCUT2D eigenvalue weighted by atomic mass is 10.2. The molecule has 2 aromatic carbocycles. The third kappa shape index (κ3) is 4.25. The quantitative estimate of drug-likeness (QED) is 0.440. The minimum absolute atomic E-state index is 0.197. The monoisotopic (exact) mass is 376 g/mol. The molecule has 4 rings (SSSR count). The van der Waals surface area contributed by atoms with Gasteiger partial charge >= 0.3 is 0 Å². The van der Waals surface area contributed by atoms with E-state index in [-0.39, 0.29) is 6.61 Å². The van der Waals surface area contributed by atoms with Crippen LogP contribution in [0.15, 0.2) is 63.5 Å². The molecule has 0 atom stereocenters. The average Bonchev–Trinajstić information content (AvgIpc) is 3.42. The van der Waals surface area contributed by atoms with Crippen LogP contribution in [0.5, 0.6) is 5.75 Å². The molecule has 0 fully saturated rings. The summed E-state index contributed by atoms with van der Waals surface area (Å²) in [6, 6.07) is 17.1. The topological polar surface area (TPSA) is 87.1 Å². The Morgan fingerprint density at radius 3 is 2.50 bits per heavy atom. The van der Waals surface area contributed by atoms with E-state index in [2.05, 4.69) is 27.3 Å². The van der Waals surface area contributed by atoms with Gasteiger partial charge in [0.15, 0.2) is 6.61 Å². The maximum absolute atomic E-state index is 5.73. The number of aromatic nitrogens is 4. The van der Waals surface area contributed by atoms with Crippen LogP contribution in [0.2, 0.25) is 0 Å². The van der Waals surface area contributed by atoms with Gasteiger partial charge in [-0.2, -0.15) is 4.98 Å². The van der Waals surface area contributed by atoms with Crippen LogP contribution in [-0.2, 0) is 13.0 Å². The first-order valence-corrected chi connectivity index (χ1v) is 9.25.